The lowest BCUT2D eigenvalue weighted by Crippen LogP contribution is -2.45. The number of fused-ring (bicyclic) bond motifs is 1. The normalized spacial score (nSPS) is 14.1. The van der Waals surface area contributed by atoms with Gasteiger partial charge in [-0.05, 0) is 79.6 Å². The van der Waals surface area contributed by atoms with E-state index in [0.717, 1.165) is 18.2 Å². The van der Waals surface area contributed by atoms with Crippen LogP contribution in [-0.4, -0.2) is 17.7 Å². The summed E-state index contributed by atoms with van der Waals surface area (Å²) < 4.78 is 53.8. The number of benzene rings is 3. The number of nitrogens with zero attached hydrogens (tertiary/aromatic N) is 2. The summed E-state index contributed by atoms with van der Waals surface area (Å²) in [6.45, 7) is 3.29. The van der Waals surface area contributed by atoms with E-state index >= 15 is 0 Å². The van der Waals surface area contributed by atoms with Crippen molar-refractivity contribution >= 4 is 23.0 Å². The quantitative estimate of drug-likeness (QED) is 0.513. The van der Waals surface area contributed by atoms with Gasteiger partial charge in [0.15, 0.2) is 0 Å². The van der Waals surface area contributed by atoms with E-state index in [0.29, 0.717) is 22.5 Å². The van der Waals surface area contributed by atoms with Crippen molar-refractivity contribution in [2.24, 2.45) is 0 Å². The van der Waals surface area contributed by atoms with Gasteiger partial charge in [0.2, 0.25) is 0 Å². The predicted molar refractivity (Wildman–Crippen MR) is 109 cm³/mol. The lowest BCUT2D eigenvalue weighted by Gasteiger charge is -2.39. The maximum Gasteiger partial charge on any atom is 0.416 e. The molecule has 3 aromatic rings. The highest BCUT2D eigenvalue weighted by Gasteiger charge is 2.36. The lowest BCUT2D eigenvalue weighted by atomic mass is 10.0. The number of halogens is 4. The summed E-state index contributed by atoms with van der Waals surface area (Å²) in [7, 11) is 0. The molecule has 1 N–H and O–H groups in total. The number of carbonyl (C=O) groups is 1. The molecule has 1 heterocycles. The van der Waals surface area contributed by atoms with Gasteiger partial charge in [-0.25, -0.2) is 4.39 Å². The highest BCUT2D eigenvalue weighted by molar-refractivity contribution is 6.13. The minimum absolute atomic E-state index is 0.0344. The Morgan fingerprint density at radius 3 is 2.13 bits per heavy atom. The number of hydrogen-bond donors (Lipinski definition) is 1. The molecule has 4 rings (SSSR count). The molecule has 1 amide bonds. The number of hydrogen-bond acceptors (Lipinski definition) is 3. The molecular weight excluding hydrogens is 412 g/mol. The first-order valence-corrected chi connectivity index (χ1v) is 9.42. The fourth-order valence-corrected chi connectivity index (χ4v) is 3.80. The molecule has 0 atom stereocenters. The largest absolute Gasteiger partial charge is 0.508 e. The summed E-state index contributed by atoms with van der Waals surface area (Å²) in [6, 6.07) is 11.5. The summed E-state index contributed by atoms with van der Waals surface area (Å²) in [5, 5.41) is 9.70. The van der Waals surface area contributed by atoms with E-state index in [9.17, 15) is 27.5 Å². The molecule has 8 heteroatoms. The first-order valence-electron chi connectivity index (χ1n) is 9.42. The topological polar surface area (TPSA) is 43.8 Å². The van der Waals surface area contributed by atoms with Gasteiger partial charge < -0.3 is 10.0 Å². The molecule has 0 fully saturated rings. The maximum atomic E-state index is 13.7. The van der Waals surface area contributed by atoms with Crippen molar-refractivity contribution < 1.29 is 27.5 Å². The van der Waals surface area contributed by atoms with E-state index in [1.807, 2.05) is 0 Å². The Hall–Kier alpha value is -3.55. The second-order valence-electron chi connectivity index (χ2n) is 7.43. The van der Waals surface area contributed by atoms with Crippen molar-refractivity contribution in [3.05, 3.63) is 82.7 Å². The SMILES string of the molecule is Cc1cc(O)ccc1N1CN(c2ccc(F)cc2C)c2cc(C(F)(F)F)ccc2C1=O. The molecule has 0 spiro atoms. The molecule has 0 bridgehead atoms. The molecular formula is C23H18F4N2O2. The average molecular weight is 430 g/mol. The van der Waals surface area contributed by atoms with Gasteiger partial charge in [-0.3, -0.25) is 9.69 Å². The van der Waals surface area contributed by atoms with Crippen LogP contribution < -0.4 is 9.80 Å². The zero-order chi connectivity index (χ0) is 22.5. The Bertz CT molecular complexity index is 1190. The van der Waals surface area contributed by atoms with Gasteiger partial charge in [0.05, 0.1) is 16.8 Å². The lowest BCUT2D eigenvalue weighted by molar-refractivity contribution is -0.137. The van der Waals surface area contributed by atoms with Gasteiger partial charge in [0.25, 0.3) is 5.91 Å². The van der Waals surface area contributed by atoms with Crippen molar-refractivity contribution in [1.29, 1.82) is 0 Å². The first-order chi connectivity index (χ1) is 14.6. The number of carbonyl (C=O) groups excluding carboxylic acids is 1. The third-order valence-corrected chi connectivity index (χ3v) is 5.30. The predicted octanol–water partition coefficient (Wildman–Crippen LogP) is 5.92. The van der Waals surface area contributed by atoms with Crippen molar-refractivity contribution in [1.82, 2.24) is 0 Å². The van der Waals surface area contributed by atoms with Crippen molar-refractivity contribution in [2.45, 2.75) is 20.0 Å². The molecule has 0 radical (unpaired) electrons. The molecule has 160 valence electrons. The fourth-order valence-electron chi connectivity index (χ4n) is 3.80. The van der Waals surface area contributed by atoms with Crippen molar-refractivity contribution in [3.8, 4) is 5.75 Å². The minimum Gasteiger partial charge on any atom is -0.508 e. The monoisotopic (exact) mass is 430 g/mol. The van der Waals surface area contributed by atoms with Gasteiger partial charge in [0.1, 0.15) is 18.2 Å². The van der Waals surface area contributed by atoms with Crippen LogP contribution in [0.1, 0.15) is 27.0 Å². The van der Waals surface area contributed by atoms with Crippen LogP contribution in [0.15, 0.2) is 54.6 Å². The molecule has 0 saturated carbocycles. The van der Waals surface area contributed by atoms with E-state index in [-0.39, 0.29) is 23.7 Å². The van der Waals surface area contributed by atoms with Gasteiger partial charge in [-0.15, -0.1) is 0 Å². The summed E-state index contributed by atoms with van der Waals surface area (Å²) >= 11 is 0. The molecule has 1 aliphatic rings. The maximum absolute atomic E-state index is 13.7. The van der Waals surface area contributed by atoms with Crippen LogP contribution in [0, 0.1) is 19.7 Å². The van der Waals surface area contributed by atoms with Gasteiger partial charge in [0, 0.05) is 11.4 Å². The van der Waals surface area contributed by atoms with Gasteiger partial charge in [-0.1, -0.05) is 0 Å². The van der Waals surface area contributed by atoms with Crippen LogP contribution >= 0.6 is 0 Å². The van der Waals surface area contributed by atoms with Gasteiger partial charge in [-0.2, -0.15) is 13.2 Å². The summed E-state index contributed by atoms with van der Waals surface area (Å²) in [4.78, 5) is 16.2. The Labute approximate surface area is 176 Å². The van der Waals surface area contributed by atoms with Crippen LogP contribution in [0.4, 0.5) is 34.6 Å². The summed E-state index contributed by atoms with van der Waals surface area (Å²) in [6.07, 6.45) is -4.58. The Morgan fingerprint density at radius 1 is 0.839 bits per heavy atom. The average Bonchev–Trinajstić information content (AvgIpc) is 2.68. The number of anilines is 3. The third-order valence-electron chi connectivity index (χ3n) is 5.30. The molecule has 0 aliphatic carbocycles. The molecule has 0 unspecified atom stereocenters. The van der Waals surface area contributed by atoms with Crippen LogP contribution in [0.25, 0.3) is 0 Å². The molecule has 0 aromatic heterocycles. The second-order valence-corrected chi connectivity index (χ2v) is 7.43. The first kappa shape index (κ1) is 20.7. The third kappa shape index (κ3) is 3.69. The minimum atomic E-state index is -4.58. The van der Waals surface area contributed by atoms with E-state index in [1.165, 1.54) is 35.2 Å². The number of phenolic OH excluding ortho intramolecular Hbond substituents is 1. The Kier molecular flexibility index (Phi) is 4.88. The smallest absolute Gasteiger partial charge is 0.416 e. The zero-order valence-corrected chi connectivity index (χ0v) is 16.7. The van der Waals surface area contributed by atoms with E-state index in [2.05, 4.69) is 0 Å². The number of aryl methyl sites for hydroxylation is 2. The number of phenols is 1. The van der Waals surface area contributed by atoms with Crippen molar-refractivity contribution in [2.75, 3.05) is 16.5 Å². The summed E-state index contributed by atoms with van der Waals surface area (Å²) in [5.74, 6) is -0.898. The number of rotatable bonds is 2. The van der Waals surface area contributed by atoms with E-state index < -0.39 is 23.5 Å². The summed E-state index contributed by atoms with van der Waals surface area (Å²) in [5.41, 5.74) is 1.45. The molecule has 1 aliphatic heterocycles. The number of aromatic hydroxyl groups is 1. The van der Waals surface area contributed by atoms with Gasteiger partial charge >= 0.3 is 6.18 Å². The standard InChI is InChI=1S/C23H18F4N2O2/c1-13-9-16(24)4-7-19(13)28-12-29(20-8-5-17(30)10-14(20)2)22(31)18-6-3-15(11-21(18)28)23(25,26)27/h3-11,30H,12H2,1-2H3. The van der Waals surface area contributed by atoms with Crippen LogP contribution in [0.3, 0.4) is 0 Å². The highest BCUT2D eigenvalue weighted by atomic mass is 19.4. The number of amides is 1. The highest BCUT2D eigenvalue weighted by Crippen LogP contribution is 2.41. The molecule has 31 heavy (non-hydrogen) atoms. The molecule has 3 aromatic carbocycles. The fraction of sp³-hybridized carbons (Fsp3) is 0.174. The second kappa shape index (κ2) is 7.30. The molecule has 0 saturated heterocycles. The van der Waals surface area contributed by atoms with E-state index in [4.69, 9.17) is 0 Å². The Balaban J connectivity index is 1.92. The van der Waals surface area contributed by atoms with Crippen LogP contribution in [0.2, 0.25) is 0 Å². The van der Waals surface area contributed by atoms with E-state index in [1.54, 1.807) is 24.8 Å². The zero-order valence-electron chi connectivity index (χ0n) is 16.7. The van der Waals surface area contributed by atoms with Crippen LogP contribution in [-0.2, 0) is 6.18 Å². The Morgan fingerprint density at radius 2 is 1.48 bits per heavy atom. The number of alkyl halides is 3. The molecule has 4 nitrogen and oxygen atoms in total. The van der Waals surface area contributed by atoms with Crippen LogP contribution in [0.5, 0.6) is 5.75 Å². The van der Waals surface area contributed by atoms with Crippen molar-refractivity contribution in [3.63, 3.8) is 0 Å².